The van der Waals surface area contributed by atoms with Gasteiger partial charge >= 0.3 is 0 Å². The predicted octanol–water partition coefficient (Wildman–Crippen LogP) is 2.43. The average molecular weight is 255 g/mol. The molecule has 96 valence electrons. The molecule has 0 aliphatic heterocycles. The van der Waals surface area contributed by atoms with E-state index in [2.05, 4.69) is 9.97 Å². The van der Waals surface area contributed by atoms with E-state index in [0.717, 1.165) is 16.8 Å². The number of nitrogens with one attached hydrogen (secondary N) is 1. The van der Waals surface area contributed by atoms with Crippen LogP contribution >= 0.6 is 0 Å². The first-order valence-electron chi connectivity index (χ1n) is 5.95. The van der Waals surface area contributed by atoms with E-state index in [1.54, 1.807) is 30.6 Å². The molecular formula is C14H13N3O2. The van der Waals surface area contributed by atoms with Gasteiger partial charge in [-0.05, 0) is 30.3 Å². The summed E-state index contributed by atoms with van der Waals surface area (Å²) >= 11 is 0. The fourth-order valence-electron chi connectivity index (χ4n) is 2.00. The number of fused-ring (bicyclic) bond motifs is 1. The van der Waals surface area contributed by atoms with Gasteiger partial charge in [0.2, 0.25) is 0 Å². The molecule has 0 saturated heterocycles. The first kappa shape index (κ1) is 11.5. The number of amides is 1. The molecule has 0 bridgehead atoms. The number of nitrogens with zero attached hydrogens (tertiary/aromatic N) is 2. The minimum Gasteiger partial charge on any atom is -0.467 e. The molecule has 0 radical (unpaired) electrons. The van der Waals surface area contributed by atoms with Crippen molar-refractivity contribution in [3.05, 3.63) is 54.2 Å². The molecule has 1 aromatic carbocycles. The molecule has 2 aromatic heterocycles. The Hall–Kier alpha value is -2.56. The molecule has 1 amide bonds. The standard InChI is InChI=1S/C14H13N3O2/c1-17(8-11-3-2-6-19-11)14(18)10-4-5-12-13(7-10)16-9-15-12/h2-7,9H,8H2,1H3,(H,15,16). The molecule has 3 aromatic rings. The van der Waals surface area contributed by atoms with E-state index in [4.69, 9.17) is 4.42 Å². The van der Waals surface area contributed by atoms with Crippen LogP contribution in [0, 0.1) is 0 Å². The first-order valence-corrected chi connectivity index (χ1v) is 5.95. The van der Waals surface area contributed by atoms with E-state index in [1.165, 1.54) is 0 Å². The number of carbonyl (C=O) groups is 1. The van der Waals surface area contributed by atoms with Crippen LogP contribution in [0.3, 0.4) is 0 Å². The molecule has 5 nitrogen and oxygen atoms in total. The monoisotopic (exact) mass is 255 g/mol. The lowest BCUT2D eigenvalue weighted by molar-refractivity contribution is 0.0775. The fraction of sp³-hybridized carbons (Fsp3) is 0.143. The van der Waals surface area contributed by atoms with E-state index in [9.17, 15) is 4.79 Å². The summed E-state index contributed by atoms with van der Waals surface area (Å²) in [6, 6.07) is 9.08. The van der Waals surface area contributed by atoms with Gasteiger partial charge in [-0.1, -0.05) is 0 Å². The first-order chi connectivity index (χ1) is 9.24. The van der Waals surface area contributed by atoms with Crippen molar-refractivity contribution in [2.24, 2.45) is 0 Å². The highest BCUT2D eigenvalue weighted by Crippen LogP contribution is 2.14. The van der Waals surface area contributed by atoms with Crippen molar-refractivity contribution in [1.82, 2.24) is 14.9 Å². The minimum atomic E-state index is -0.0482. The molecule has 1 N–H and O–H groups in total. The smallest absolute Gasteiger partial charge is 0.254 e. The number of H-pyrrole nitrogens is 1. The van der Waals surface area contributed by atoms with Gasteiger partial charge in [-0.15, -0.1) is 0 Å². The SMILES string of the molecule is CN(Cc1ccco1)C(=O)c1ccc2nc[nH]c2c1. The Kier molecular flexibility index (Phi) is 2.79. The van der Waals surface area contributed by atoms with Crippen LogP contribution in [0.5, 0.6) is 0 Å². The van der Waals surface area contributed by atoms with Crippen LogP contribution in [-0.4, -0.2) is 27.8 Å². The summed E-state index contributed by atoms with van der Waals surface area (Å²) in [5.41, 5.74) is 2.34. The van der Waals surface area contributed by atoms with Crippen LogP contribution < -0.4 is 0 Å². The molecule has 0 unspecified atom stereocenters. The van der Waals surface area contributed by atoms with Gasteiger partial charge in [0.15, 0.2) is 0 Å². The summed E-state index contributed by atoms with van der Waals surface area (Å²) in [5, 5.41) is 0. The molecule has 0 atom stereocenters. The molecule has 3 rings (SSSR count). The Morgan fingerprint density at radius 1 is 1.42 bits per heavy atom. The number of rotatable bonds is 3. The lowest BCUT2D eigenvalue weighted by Crippen LogP contribution is -2.25. The topological polar surface area (TPSA) is 62.1 Å². The van der Waals surface area contributed by atoms with Gasteiger partial charge in [0.05, 0.1) is 30.2 Å². The Bertz CT molecular complexity index is 700. The van der Waals surface area contributed by atoms with Crippen molar-refractivity contribution < 1.29 is 9.21 Å². The highest BCUT2D eigenvalue weighted by molar-refractivity contribution is 5.97. The Morgan fingerprint density at radius 2 is 2.32 bits per heavy atom. The maximum absolute atomic E-state index is 12.3. The number of aromatic nitrogens is 2. The predicted molar refractivity (Wildman–Crippen MR) is 70.6 cm³/mol. The maximum atomic E-state index is 12.3. The van der Waals surface area contributed by atoms with Crippen molar-refractivity contribution in [1.29, 1.82) is 0 Å². The van der Waals surface area contributed by atoms with Crippen molar-refractivity contribution >= 4 is 16.9 Å². The maximum Gasteiger partial charge on any atom is 0.254 e. The molecule has 0 aliphatic carbocycles. The normalized spacial score (nSPS) is 10.8. The van der Waals surface area contributed by atoms with Crippen LogP contribution in [0.25, 0.3) is 11.0 Å². The Balaban J connectivity index is 1.82. The van der Waals surface area contributed by atoms with E-state index >= 15 is 0 Å². The van der Waals surface area contributed by atoms with Crippen LogP contribution in [0.2, 0.25) is 0 Å². The fourth-order valence-corrected chi connectivity index (χ4v) is 2.00. The number of hydrogen-bond donors (Lipinski definition) is 1. The number of carbonyl (C=O) groups excluding carboxylic acids is 1. The van der Waals surface area contributed by atoms with Crippen LogP contribution in [0.1, 0.15) is 16.1 Å². The van der Waals surface area contributed by atoms with Gasteiger partial charge < -0.3 is 14.3 Å². The third-order valence-electron chi connectivity index (χ3n) is 2.99. The molecule has 0 aliphatic rings. The zero-order valence-electron chi connectivity index (χ0n) is 10.5. The zero-order chi connectivity index (χ0) is 13.2. The number of aromatic amines is 1. The van der Waals surface area contributed by atoms with Crippen molar-refractivity contribution in [3.63, 3.8) is 0 Å². The number of benzene rings is 1. The van der Waals surface area contributed by atoms with E-state index in [1.807, 2.05) is 24.3 Å². The highest BCUT2D eigenvalue weighted by atomic mass is 16.3. The van der Waals surface area contributed by atoms with Gasteiger partial charge in [0, 0.05) is 12.6 Å². The summed E-state index contributed by atoms with van der Waals surface area (Å²) in [6.07, 6.45) is 3.22. The summed E-state index contributed by atoms with van der Waals surface area (Å²) in [6.45, 7) is 0.451. The van der Waals surface area contributed by atoms with E-state index in [0.29, 0.717) is 12.1 Å². The van der Waals surface area contributed by atoms with Gasteiger partial charge in [0.25, 0.3) is 5.91 Å². The number of imidazole rings is 1. The lowest BCUT2D eigenvalue weighted by Gasteiger charge is -2.15. The summed E-state index contributed by atoms with van der Waals surface area (Å²) in [7, 11) is 1.75. The molecule has 2 heterocycles. The molecule has 5 heteroatoms. The second-order valence-electron chi connectivity index (χ2n) is 4.38. The van der Waals surface area contributed by atoms with Crippen LogP contribution in [0.15, 0.2) is 47.3 Å². The quantitative estimate of drug-likeness (QED) is 0.781. The summed E-state index contributed by atoms with van der Waals surface area (Å²) < 4.78 is 5.24. The molecule has 0 saturated carbocycles. The number of hydrogen-bond acceptors (Lipinski definition) is 3. The van der Waals surface area contributed by atoms with Crippen molar-refractivity contribution in [2.45, 2.75) is 6.54 Å². The van der Waals surface area contributed by atoms with Crippen molar-refractivity contribution in [3.8, 4) is 0 Å². The highest BCUT2D eigenvalue weighted by Gasteiger charge is 2.13. The molecule has 19 heavy (non-hydrogen) atoms. The van der Waals surface area contributed by atoms with Crippen molar-refractivity contribution in [2.75, 3.05) is 7.05 Å². The molecular weight excluding hydrogens is 242 g/mol. The van der Waals surface area contributed by atoms with Crippen LogP contribution in [-0.2, 0) is 6.54 Å². The lowest BCUT2D eigenvalue weighted by atomic mass is 10.2. The van der Waals surface area contributed by atoms with Crippen LogP contribution in [0.4, 0.5) is 0 Å². The van der Waals surface area contributed by atoms with Gasteiger partial charge in [-0.2, -0.15) is 0 Å². The average Bonchev–Trinajstić information content (AvgIpc) is 3.07. The molecule has 0 fully saturated rings. The Labute approximate surface area is 109 Å². The van der Waals surface area contributed by atoms with E-state index < -0.39 is 0 Å². The van der Waals surface area contributed by atoms with Gasteiger partial charge in [0.1, 0.15) is 5.76 Å². The second-order valence-corrected chi connectivity index (χ2v) is 4.38. The van der Waals surface area contributed by atoms with E-state index in [-0.39, 0.29) is 5.91 Å². The minimum absolute atomic E-state index is 0.0482. The summed E-state index contributed by atoms with van der Waals surface area (Å²) in [5.74, 6) is 0.714. The zero-order valence-corrected chi connectivity index (χ0v) is 10.5. The third kappa shape index (κ3) is 2.22. The Morgan fingerprint density at radius 3 is 3.11 bits per heavy atom. The number of furan rings is 1. The summed E-state index contributed by atoms with van der Waals surface area (Å²) in [4.78, 5) is 21.0. The largest absolute Gasteiger partial charge is 0.467 e. The van der Waals surface area contributed by atoms with Gasteiger partial charge in [-0.3, -0.25) is 4.79 Å². The molecule has 0 spiro atoms. The second kappa shape index (κ2) is 4.61. The van der Waals surface area contributed by atoms with Gasteiger partial charge in [-0.25, -0.2) is 4.98 Å². The third-order valence-corrected chi connectivity index (χ3v) is 2.99.